The van der Waals surface area contributed by atoms with Crippen molar-refractivity contribution in [3.8, 4) is 11.5 Å². The van der Waals surface area contributed by atoms with Gasteiger partial charge in [0.2, 0.25) is 5.12 Å². The highest BCUT2D eigenvalue weighted by atomic mass is 32.2. The Hall–Kier alpha value is -2.53. The van der Waals surface area contributed by atoms with Crippen LogP contribution in [0.3, 0.4) is 0 Å². The number of Topliss-reactive ketones (excluding diaryl/α,β-unsaturated/α-hetero) is 1. The van der Waals surface area contributed by atoms with Gasteiger partial charge in [-0.05, 0) is 59.7 Å². The lowest BCUT2D eigenvalue weighted by molar-refractivity contribution is -0.119. The lowest BCUT2D eigenvalue weighted by atomic mass is 10.1. The predicted molar refractivity (Wildman–Crippen MR) is 108 cm³/mol. The van der Waals surface area contributed by atoms with Crippen LogP contribution in [0.25, 0.3) is 6.08 Å². The molecule has 3 rings (SSSR count). The highest BCUT2D eigenvalue weighted by molar-refractivity contribution is 8.18. The minimum atomic E-state index is -0.102. The Morgan fingerprint density at radius 1 is 0.926 bits per heavy atom. The van der Waals surface area contributed by atoms with Crippen LogP contribution in [0.15, 0.2) is 53.4 Å². The molecule has 5 heteroatoms. The monoisotopic (exact) mass is 382 g/mol. The molecule has 0 N–H and O–H groups in total. The van der Waals surface area contributed by atoms with E-state index in [1.54, 1.807) is 6.08 Å². The van der Waals surface area contributed by atoms with Crippen molar-refractivity contribution in [1.29, 1.82) is 0 Å². The molecule has 0 atom stereocenters. The average molecular weight is 382 g/mol. The lowest BCUT2D eigenvalue weighted by Crippen LogP contribution is -2.05. The summed E-state index contributed by atoms with van der Waals surface area (Å²) in [7, 11) is 0. The number of rotatable bonds is 8. The zero-order valence-electron chi connectivity index (χ0n) is 15.3. The van der Waals surface area contributed by atoms with E-state index in [2.05, 4.69) is 19.1 Å². The van der Waals surface area contributed by atoms with Crippen LogP contribution in [0, 0.1) is 0 Å². The summed E-state index contributed by atoms with van der Waals surface area (Å²) in [6.45, 7) is 3.30. The number of carbonyl (C=O) groups excluding carboxylic acids is 2. The normalized spacial score (nSPS) is 15.4. The molecule has 1 saturated heterocycles. The second-order valence-electron chi connectivity index (χ2n) is 6.20. The standard InChI is InChI=1S/C22H22O4S/c1-2-16-4-8-18(9-5-16)25-12-3-13-26-19-10-6-17(7-11-19)14-21-20(23)15-22(24)27-21/h4-11,14H,2-3,12-13,15H2,1H3/b21-14+. The van der Waals surface area contributed by atoms with Crippen molar-refractivity contribution in [1.82, 2.24) is 0 Å². The largest absolute Gasteiger partial charge is 0.493 e. The average Bonchev–Trinajstić information content (AvgIpc) is 3.00. The first-order valence-electron chi connectivity index (χ1n) is 9.04. The van der Waals surface area contributed by atoms with Crippen LogP contribution in [0.2, 0.25) is 0 Å². The first kappa shape index (κ1) is 19.2. The van der Waals surface area contributed by atoms with Crippen molar-refractivity contribution < 1.29 is 19.1 Å². The Kier molecular flexibility index (Phi) is 6.71. The number of aryl methyl sites for hydroxylation is 1. The lowest BCUT2D eigenvalue weighted by Gasteiger charge is -2.09. The van der Waals surface area contributed by atoms with Gasteiger partial charge < -0.3 is 9.47 Å². The van der Waals surface area contributed by atoms with E-state index in [0.717, 1.165) is 41.7 Å². The molecule has 2 aromatic carbocycles. The molecule has 1 aliphatic heterocycles. The summed E-state index contributed by atoms with van der Waals surface area (Å²) in [4.78, 5) is 23.4. The molecule has 0 radical (unpaired) electrons. The molecule has 2 aromatic rings. The zero-order chi connectivity index (χ0) is 19.1. The first-order chi connectivity index (χ1) is 13.1. The molecule has 0 saturated carbocycles. The van der Waals surface area contributed by atoms with Crippen molar-refractivity contribution in [2.75, 3.05) is 13.2 Å². The van der Waals surface area contributed by atoms with Gasteiger partial charge in [-0.1, -0.05) is 31.2 Å². The van der Waals surface area contributed by atoms with Crippen LogP contribution >= 0.6 is 11.8 Å². The second-order valence-corrected chi connectivity index (χ2v) is 7.30. The number of thioether (sulfide) groups is 1. The number of benzene rings is 2. The fraction of sp³-hybridized carbons (Fsp3) is 0.273. The van der Waals surface area contributed by atoms with Crippen molar-refractivity contribution in [3.05, 3.63) is 64.6 Å². The van der Waals surface area contributed by atoms with E-state index >= 15 is 0 Å². The van der Waals surface area contributed by atoms with Gasteiger partial charge in [-0.3, -0.25) is 9.59 Å². The van der Waals surface area contributed by atoms with E-state index in [0.29, 0.717) is 18.1 Å². The summed E-state index contributed by atoms with van der Waals surface area (Å²) in [6.07, 6.45) is 3.56. The van der Waals surface area contributed by atoms with Crippen LogP contribution in [-0.4, -0.2) is 24.1 Å². The molecule has 0 aliphatic carbocycles. The number of hydrogen-bond acceptors (Lipinski definition) is 5. The summed E-state index contributed by atoms with van der Waals surface area (Å²) in [5.41, 5.74) is 2.18. The van der Waals surface area contributed by atoms with E-state index < -0.39 is 0 Å². The molecule has 1 heterocycles. The summed E-state index contributed by atoms with van der Waals surface area (Å²) < 4.78 is 11.4. The number of allylic oxidation sites excluding steroid dienone is 1. The highest BCUT2D eigenvalue weighted by Crippen LogP contribution is 2.30. The van der Waals surface area contributed by atoms with Crippen LogP contribution in [0.4, 0.5) is 0 Å². The van der Waals surface area contributed by atoms with Gasteiger partial charge in [0.1, 0.15) is 11.5 Å². The third kappa shape index (κ3) is 5.73. The Bertz CT molecular complexity index is 822. The quantitative estimate of drug-likeness (QED) is 0.377. The van der Waals surface area contributed by atoms with Gasteiger partial charge in [0, 0.05) is 6.42 Å². The fourth-order valence-corrected chi connectivity index (χ4v) is 3.45. The van der Waals surface area contributed by atoms with Gasteiger partial charge in [0.25, 0.3) is 0 Å². The van der Waals surface area contributed by atoms with Crippen molar-refractivity contribution in [2.24, 2.45) is 0 Å². The summed E-state index contributed by atoms with van der Waals surface area (Å²) >= 11 is 1.02. The third-order valence-corrected chi connectivity index (χ3v) is 5.08. The van der Waals surface area contributed by atoms with Gasteiger partial charge in [-0.25, -0.2) is 0 Å². The molecule has 0 aromatic heterocycles. The molecule has 0 spiro atoms. The van der Waals surface area contributed by atoms with Crippen LogP contribution < -0.4 is 9.47 Å². The molecule has 0 bridgehead atoms. The fourth-order valence-electron chi connectivity index (χ4n) is 2.62. The van der Waals surface area contributed by atoms with Gasteiger partial charge in [0.05, 0.1) is 24.5 Å². The van der Waals surface area contributed by atoms with Gasteiger partial charge >= 0.3 is 0 Å². The topological polar surface area (TPSA) is 52.6 Å². The minimum Gasteiger partial charge on any atom is -0.493 e. The summed E-state index contributed by atoms with van der Waals surface area (Å²) in [5.74, 6) is 1.54. The maximum Gasteiger partial charge on any atom is 0.201 e. The Labute approximate surface area is 163 Å². The number of hydrogen-bond donors (Lipinski definition) is 0. The first-order valence-corrected chi connectivity index (χ1v) is 9.86. The van der Waals surface area contributed by atoms with Crippen molar-refractivity contribution in [3.63, 3.8) is 0 Å². The van der Waals surface area contributed by atoms with E-state index in [-0.39, 0.29) is 17.3 Å². The third-order valence-electron chi connectivity index (χ3n) is 4.14. The molecule has 140 valence electrons. The molecule has 0 amide bonds. The van der Waals surface area contributed by atoms with Gasteiger partial charge in [-0.15, -0.1) is 0 Å². The second kappa shape index (κ2) is 9.42. The van der Waals surface area contributed by atoms with E-state index in [1.807, 2.05) is 36.4 Å². The molecular formula is C22H22O4S. The zero-order valence-corrected chi connectivity index (χ0v) is 16.1. The maximum atomic E-state index is 11.6. The predicted octanol–water partition coefficient (Wildman–Crippen LogP) is 4.67. The molecule has 1 fully saturated rings. The summed E-state index contributed by atoms with van der Waals surface area (Å²) in [5, 5.41) is -0.0882. The van der Waals surface area contributed by atoms with Crippen LogP contribution in [0.1, 0.15) is 30.9 Å². The van der Waals surface area contributed by atoms with Crippen LogP contribution in [0.5, 0.6) is 11.5 Å². The number of carbonyl (C=O) groups is 2. The SMILES string of the molecule is CCc1ccc(OCCCOc2ccc(/C=C3/SC(=O)CC3=O)cc2)cc1. The van der Waals surface area contributed by atoms with Gasteiger partial charge in [0.15, 0.2) is 5.78 Å². The number of ketones is 1. The minimum absolute atomic E-state index is 0.00249. The van der Waals surface area contributed by atoms with Gasteiger partial charge in [-0.2, -0.15) is 0 Å². The van der Waals surface area contributed by atoms with Crippen LogP contribution in [-0.2, 0) is 16.0 Å². The maximum absolute atomic E-state index is 11.6. The Balaban J connectivity index is 1.40. The highest BCUT2D eigenvalue weighted by Gasteiger charge is 2.25. The molecule has 0 unspecified atom stereocenters. The molecule has 1 aliphatic rings. The van der Waals surface area contributed by atoms with E-state index in [1.165, 1.54) is 5.56 Å². The van der Waals surface area contributed by atoms with E-state index in [4.69, 9.17) is 9.47 Å². The van der Waals surface area contributed by atoms with E-state index in [9.17, 15) is 9.59 Å². The smallest absolute Gasteiger partial charge is 0.201 e. The number of ether oxygens (including phenoxy) is 2. The Morgan fingerprint density at radius 3 is 2.04 bits per heavy atom. The molecular weight excluding hydrogens is 360 g/mol. The Morgan fingerprint density at radius 2 is 1.52 bits per heavy atom. The van der Waals surface area contributed by atoms with Crippen molar-refractivity contribution in [2.45, 2.75) is 26.2 Å². The molecule has 27 heavy (non-hydrogen) atoms. The molecule has 4 nitrogen and oxygen atoms in total. The summed E-state index contributed by atoms with van der Waals surface area (Å²) in [6, 6.07) is 15.6. The van der Waals surface area contributed by atoms with Crippen molar-refractivity contribution >= 4 is 28.7 Å².